The lowest BCUT2D eigenvalue weighted by molar-refractivity contribution is -0.126. The van der Waals surface area contributed by atoms with E-state index in [0.29, 0.717) is 5.69 Å². The second kappa shape index (κ2) is 8.28. The van der Waals surface area contributed by atoms with E-state index in [4.69, 9.17) is 5.73 Å². The van der Waals surface area contributed by atoms with Gasteiger partial charge in [0.25, 0.3) is 0 Å². The van der Waals surface area contributed by atoms with Crippen LogP contribution in [0, 0.1) is 0 Å². The first-order chi connectivity index (χ1) is 9.51. The molecule has 0 aliphatic rings. The minimum Gasteiger partial charge on any atom is -0.346 e. The Morgan fingerprint density at radius 1 is 0.950 bits per heavy atom. The fraction of sp³-hybridized carbons (Fsp3) is 0.250. The first-order valence-electron chi connectivity index (χ1n) is 5.80. The van der Waals surface area contributed by atoms with Crippen molar-refractivity contribution in [1.82, 2.24) is 10.6 Å². The Balaban J connectivity index is 2.27. The Morgan fingerprint density at radius 3 is 2.10 bits per heavy atom. The first-order valence-corrected chi connectivity index (χ1v) is 6.59. The third-order valence-corrected chi connectivity index (χ3v) is 2.73. The lowest BCUT2D eigenvalue weighted by Crippen LogP contribution is -2.41. The molecule has 108 valence electrons. The van der Waals surface area contributed by atoms with Crippen molar-refractivity contribution in [3.8, 4) is 0 Å². The zero-order valence-electron chi connectivity index (χ0n) is 10.6. The molecule has 0 radical (unpaired) electrons. The van der Waals surface area contributed by atoms with E-state index in [2.05, 4.69) is 31.9 Å². The quantitative estimate of drug-likeness (QED) is 0.562. The Kier molecular flexibility index (Phi) is 6.68. The molecule has 1 aromatic rings. The molecule has 0 unspecified atom stereocenters. The van der Waals surface area contributed by atoms with Crippen LogP contribution < -0.4 is 21.7 Å². The van der Waals surface area contributed by atoms with Gasteiger partial charge in [-0.25, -0.2) is 0 Å². The largest absolute Gasteiger partial charge is 0.346 e. The minimum absolute atomic E-state index is 0.173. The van der Waals surface area contributed by atoms with Crippen LogP contribution >= 0.6 is 15.9 Å². The van der Waals surface area contributed by atoms with Gasteiger partial charge >= 0.3 is 0 Å². The number of halogens is 1. The number of hydrogen-bond acceptors (Lipinski definition) is 4. The van der Waals surface area contributed by atoms with Gasteiger partial charge in [-0.2, -0.15) is 0 Å². The Hall–Kier alpha value is -1.93. The molecule has 0 fully saturated rings. The van der Waals surface area contributed by atoms with Gasteiger partial charge < -0.3 is 21.7 Å². The average Bonchev–Trinajstić information content (AvgIpc) is 2.45. The zero-order valence-corrected chi connectivity index (χ0v) is 12.2. The number of carbonyl (C=O) groups is 3. The molecule has 0 saturated carbocycles. The zero-order chi connectivity index (χ0) is 15.0. The molecule has 0 heterocycles. The maximum Gasteiger partial charge on any atom is 0.243 e. The molecule has 3 amide bonds. The monoisotopic (exact) mass is 342 g/mol. The molecular formula is C12H15BrN4O3. The number of amides is 3. The van der Waals surface area contributed by atoms with Crippen LogP contribution in [0.3, 0.4) is 0 Å². The van der Waals surface area contributed by atoms with Gasteiger partial charge in [0, 0.05) is 10.2 Å². The molecule has 1 aromatic carbocycles. The topological polar surface area (TPSA) is 113 Å². The highest BCUT2D eigenvalue weighted by atomic mass is 79.9. The molecule has 0 aromatic heterocycles. The summed E-state index contributed by atoms with van der Waals surface area (Å²) in [6, 6.07) is 7.03. The molecule has 0 spiro atoms. The van der Waals surface area contributed by atoms with E-state index >= 15 is 0 Å². The molecule has 0 aliphatic heterocycles. The smallest absolute Gasteiger partial charge is 0.243 e. The van der Waals surface area contributed by atoms with Crippen LogP contribution in [0.25, 0.3) is 0 Å². The number of nitrogens with one attached hydrogen (secondary N) is 3. The van der Waals surface area contributed by atoms with Crippen molar-refractivity contribution >= 4 is 39.3 Å². The molecule has 7 nitrogen and oxygen atoms in total. The third-order valence-electron chi connectivity index (χ3n) is 2.21. The predicted octanol–water partition coefficient (Wildman–Crippen LogP) is -0.421. The molecule has 8 heteroatoms. The van der Waals surface area contributed by atoms with E-state index < -0.39 is 11.8 Å². The molecule has 0 atom stereocenters. The highest BCUT2D eigenvalue weighted by Gasteiger charge is 2.07. The van der Waals surface area contributed by atoms with Crippen LogP contribution in [-0.2, 0) is 14.4 Å². The van der Waals surface area contributed by atoms with E-state index in [1.54, 1.807) is 24.3 Å². The lowest BCUT2D eigenvalue weighted by atomic mass is 10.3. The van der Waals surface area contributed by atoms with Gasteiger partial charge in [-0.1, -0.05) is 15.9 Å². The van der Waals surface area contributed by atoms with Gasteiger partial charge in [-0.15, -0.1) is 0 Å². The first kappa shape index (κ1) is 16.1. The molecule has 0 bridgehead atoms. The van der Waals surface area contributed by atoms with Gasteiger partial charge in [0.15, 0.2) is 0 Å². The highest BCUT2D eigenvalue weighted by Crippen LogP contribution is 2.13. The van der Waals surface area contributed by atoms with Crippen LogP contribution in [0.5, 0.6) is 0 Å². The maximum atomic E-state index is 11.6. The van der Waals surface area contributed by atoms with Crippen molar-refractivity contribution in [2.45, 2.75) is 0 Å². The van der Waals surface area contributed by atoms with Gasteiger partial charge in [-0.3, -0.25) is 14.4 Å². The van der Waals surface area contributed by atoms with Crippen LogP contribution in [0.4, 0.5) is 5.69 Å². The number of anilines is 1. The van der Waals surface area contributed by atoms with Gasteiger partial charge in [-0.05, 0) is 24.3 Å². The molecule has 20 heavy (non-hydrogen) atoms. The summed E-state index contributed by atoms with van der Waals surface area (Å²) in [7, 11) is 0. The van der Waals surface area contributed by atoms with Crippen molar-refractivity contribution < 1.29 is 14.4 Å². The Morgan fingerprint density at radius 2 is 1.50 bits per heavy atom. The van der Waals surface area contributed by atoms with Crippen LogP contribution in [0.15, 0.2) is 28.7 Å². The summed E-state index contributed by atoms with van der Waals surface area (Å²) in [5.74, 6) is -1.25. The maximum absolute atomic E-state index is 11.6. The number of nitrogens with two attached hydrogens (primary N) is 1. The number of hydrogen-bond donors (Lipinski definition) is 4. The number of carbonyl (C=O) groups excluding carboxylic acids is 3. The van der Waals surface area contributed by atoms with Crippen LogP contribution in [0.2, 0.25) is 0 Å². The second-order valence-electron chi connectivity index (χ2n) is 3.81. The summed E-state index contributed by atoms with van der Waals surface area (Å²) in [5, 5.41) is 7.30. The lowest BCUT2D eigenvalue weighted by Gasteiger charge is -2.07. The third kappa shape index (κ3) is 6.30. The summed E-state index contributed by atoms with van der Waals surface area (Å²) in [5.41, 5.74) is 5.69. The summed E-state index contributed by atoms with van der Waals surface area (Å²) in [6.07, 6.45) is 0. The average molecular weight is 343 g/mol. The second-order valence-corrected chi connectivity index (χ2v) is 4.73. The summed E-state index contributed by atoms with van der Waals surface area (Å²) in [6.45, 7) is -0.563. The molecule has 5 N–H and O–H groups in total. The number of rotatable bonds is 6. The predicted molar refractivity (Wildman–Crippen MR) is 77.8 cm³/mol. The summed E-state index contributed by atoms with van der Waals surface area (Å²) in [4.78, 5) is 33.7. The highest BCUT2D eigenvalue weighted by molar-refractivity contribution is 9.10. The Bertz CT molecular complexity index is 490. The fourth-order valence-corrected chi connectivity index (χ4v) is 1.50. The van der Waals surface area contributed by atoms with Gasteiger partial charge in [0.1, 0.15) is 0 Å². The van der Waals surface area contributed by atoms with Crippen LogP contribution in [-0.4, -0.2) is 37.4 Å². The van der Waals surface area contributed by atoms with Gasteiger partial charge in [0.2, 0.25) is 17.7 Å². The van der Waals surface area contributed by atoms with E-state index in [0.717, 1.165) is 4.47 Å². The van der Waals surface area contributed by atoms with Crippen molar-refractivity contribution in [1.29, 1.82) is 0 Å². The van der Waals surface area contributed by atoms with Crippen molar-refractivity contribution in [2.75, 3.05) is 25.0 Å². The number of benzene rings is 1. The fourth-order valence-electron chi connectivity index (χ4n) is 1.23. The normalized spacial score (nSPS) is 9.70. The molecule has 0 aliphatic carbocycles. The van der Waals surface area contributed by atoms with Crippen molar-refractivity contribution in [3.05, 3.63) is 28.7 Å². The standard InChI is InChI=1S/C12H15BrN4O3/c13-8-1-3-9(4-2-8)17-12(20)7-16-11(19)6-15-10(18)5-14/h1-4H,5-7,14H2,(H,15,18)(H,16,19)(H,17,20). The summed E-state index contributed by atoms with van der Waals surface area (Å²) < 4.78 is 0.902. The van der Waals surface area contributed by atoms with Crippen molar-refractivity contribution in [2.24, 2.45) is 5.73 Å². The van der Waals surface area contributed by atoms with E-state index in [1.807, 2.05) is 0 Å². The molecular weight excluding hydrogens is 328 g/mol. The van der Waals surface area contributed by atoms with E-state index in [-0.39, 0.29) is 25.5 Å². The molecule has 1 rings (SSSR count). The molecule has 0 saturated heterocycles. The van der Waals surface area contributed by atoms with E-state index in [1.165, 1.54) is 0 Å². The van der Waals surface area contributed by atoms with Crippen molar-refractivity contribution in [3.63, 3.8) is 0 Å². The minimum atomic E-state index is -0.460. The summed E-state index contributed by atoms with van der Waals surface area (Å²) >= 11 is 3.28. The van der Waals surface area contributed by atoms with Gasteiger partial charge in [0.05, 0.1) is 19.6 Å². The van der Waals surface area contributed by atoms with E-state index in [9.17, 15) is 14.4 Å². The Labute approximate surface area is 124 Å². The van der Waals surface area contributed by atoms with Crippen LogP contribution in [0.1, 0.15) is 0 Å². The SMILES string of the molecule is NCC(=O)NCC(=O)NCC(=O)Nc1ccc(Br)cc1.